The minimum Gasteiger partial charge on any atom is -0.464 e. The highest BCUT2D eigenvalue weighted by Crippen LogP contribution is 2.34. The number of carbonyl (C=O) groups is 1. The van der Waals surface area contributed by atoms with Crippen molar-refractivity contribution in [3.63, 3.8) is 0 Å². The van der Waals surface area contributed by atoms with Crippen molar-refractivity contribution in [1.29, 1.82) is 0 Å². The third-order valence-electron chi connectivity index (χ3n) is 1.96. The molecular formula is C8H10N2O2. The van der Waals surface area contributed by atoms with Crippen LogP contribution in [-0.2, 0) is 4.74 Å². The van der Waals surface area contributed by atoms with Gasteiger partial charge in [0.2, 0.25) is 0 Å². The van der Waals surface area contributed by atoms with Gasteiger partial charge in [0.25, 0.3) is 0 Å². The maximum atomic E-state index is 11.0. The summed E-state index contributed by atoms with van der Waals surface area (Å²) in [4.78, 5) is 14.9. The molecule has 1 aromatic heterocycles. The zero-order chi connectivity index (χ0) is 8.55. The first-order valence-electron chi connectivity index (χ1n) is 3.93. The van der Waals surface area contributed by atoms with E-state index in [-0.39, 0.29) is 5.97 Å². The molecule has 1 aliphatic carbocycles. The Hall–Kier alpha value is -1.32. The van der Waals surface area contributed by atoms with Crippen LogP contribution in [0.1, 0.15) is 29.4 Å². The Labute approximate surface area is 70.2 Å². The number of hydrogen-bond acceptors (Lipinski definition) is 3. The normalized spacial score (nSPS) is 16.1. The molecular weight excluding hydrogens is 156 g/mol. The fourth-order valence-electron chi connectivity index (χ4n) is 1.12. The average Bonchev–Trinajstić information content (AvgIpc) is 2.83. The molecule has 1 fully saturated rings. The van der Waals surface area contributed by atoms with Crippen molar-refractivity contribution in [2.24, 2.45) is 0 Å². The summed E-state index contributed by atoms with van der Waals surface area (Å²) in [5, 5.41) is 0. The molecule has 0 aromatic carbocycles. The second-order valence-corrected chi connectivity index (χ2v) is 2.93. The lowest BCUT2D eigenvalue weighted by atomic mass is 10.5. The van der Waals surface area contributed by atoms with Crippen LogP contribution in [0.3, 0.4) is 0 Å². The molecule has 0 amide bonds. The molecule has 4 heteroatoms. The molecule has 0 N–H and O–H groups in total. The smallest absolute Gasteiger partial charge is 0.358 e. The van der Waals surface area contributed by atoms with E-state index in [4.69, 9.17) is 0 Å². The highest BCUT2D eigenvalue weighted by molar-refractivity contribution is 5.86. The van der Waals surface area contributed by atoms with E-state index in [0.717, 1.165) is 0 Å². The van der Waals surface area contributed by atoms with Crippen LogP contribution in [-0.4, -0.2) is 22.6 Å². The highest BCUT2D eigenvalue weighted by atomic mass is 16.5. The average molecular weight is 166 g/mol. The molecule has 0 bridgehead atoms. The summed E-state index contributed by atoms with van der Waals surface area (Å²) < 4.78 is 6.50. The summed E-state index contributed by atoms with van der Waals surface area (Å²) in [6.45, 7) is 0. The molecule has 0 spiro atoms. The Morgan fingerprint density at radius 1 is 1.75 bits per heavy atom. The van der Waals surface area contributed by atoms with E-state index in [2.05, 4.69) is 9.72 Å². The van der Waals surface area contributed by atoms with Crippen molar-refractivity contribution >= 4 is 5.97 Å². The first-order valence-corrected chi connectivity index (χ1v) is 3.93. The molecule has 0 atom stereocenters. The fraction of sp³-hybridized carbons (Fsp3) is 0.500. The predicted molar refractivity (Wildman–Crippen MR) is 41.8 cm³/mol. The number of ether oxygens (including phenoxy) is 1. The first kappa shape index (κ1) is 7.34. The second kappa shape index (κ2) is 2.62. The summed E-state index contributed by atoms with van der Waals surface area (Å²) in [5.74, 6) is -0.366. The van der Waals surface area contributed by atoms with Crippen LogP contribution in [0.15, 0.2) is 12.5 Å². The molecule has 0 saturated heterocycles. The number of rotatable bonds is 2. The van der Waals surface area contributed by atoms with Gasteiger partial charge in [-0.05, 0) is 12.8 Å². The van der Waals surface area contributed by atoms with E-state index in [1.165, 1.54) is 20.0 Å². The Bertz CT molecular complexity index is 302. The summed E-state index contributed by atoms with van der Waals surface area (Å²) in [7, 11) is 1.36. The Kier molecular flexibility index (Phi) is 1.60. The fourth-order valence-corrected chi connectivity index (χ4v) is 1.12. The third kappa shape index (κ3) is 1.20. The minimum atomic E-state index is -0.366. The number of nitrogens with zero attached hydrogens (tertiary/aromatic N) is 2. The van der Waals surface area contributed by atoms with Gasteiger partial charge in [-0.1, -0.05) is 0 Å². The lowest BCUT2D eigenvalue weighted by molar-refractivity contribution is 0.0594. The lowest BCUT2D eigenvalue weighted by Crippen LogP contribution is -2.00. The van der Waals surface area contributed by atoms with E-state index in [1.807, 2.05) is 4.57 Å². The molecule has 1 aliphatic rings. The zero-order valence-electron chi connectivity index (χ0n) is 6.86. The molecule has 0 unspecified atom stereocenters. The summed E-state index contributed by atoms with van der Waals surface area (Å²) >= 11 is 0. The molecule has 64 valence electrons. The van der Waals surface area contributed by atoms with Crippen molar-refractivity contribution in [2.45, 2.75) is 18.9 Å². The number of esters is 1. The SMILES string of the molecule is COC(=O)c1cn(C2CC2)cn1. The monoisotopic (exact) mass is 166 g/mol. The molecule has 4 nitrogen and oxygen atoms in total. The third-order valence-corrected chi connectivity index (χ3v) is 1.96. The van der Waals surface area contributed by atoms with Gasteiger partial charge in [-0.3, -0.25) is 0 Å². The maximum Gasteiger partial charge on any atom is 0.358 e. The number of imidazole rings is 1. The van der Waals surface area contributed by atoms with Crippen LogP contribution in [0, 0.1) is 0 Å². The van der Waals surface area contributed by atoms with Gasteiger partial charge in [0.05, 0.1) is 13.4 Å². The van der Waals surface area contributed by atoms with Gasteiger partial charge in [0.15, 0.2) is 5.69 Å². The standard InChI is InChI=1S/C8H10N2O2/c1-12-8(11)7-4-10(5-9-7)6-2-3-6/h4-6H,2-3H2,1H3. The van der Waals surface area contributed by atoms with Crippen molar-refractivity contribution in [3.05, 3.63) is 18.2 Å². The van der Waals surface area contributed by atoms with Gasteiger partial charge in [0.1, 0.15) is 0 Å². The van der Waals surface area contributed by atoms with E-state index in [9.17, 15) is 4.79 Å². The predicted octanol–water partition coefficient (Wildman–Crippen LogP) is 1.00. The van der Waals surface area contributed by atoms with E-state index in [1.54, 1.807) is 12.5 Å². The first-order chi connectivity index (χ1) is 5.81. The van der Waals surface area contributed by atoms with Crippen molar-refractivity contribution < 1.29 is 9.53 Å². The Morgan fingerprint density at radius 3 is 3.08 bits per heavy atom. The zero-order valence-corrected chi connectivity index (χ0v) is 6.86. The molecule has 1 saturated carbocycles. The van der Waals surface area contributed by atoms with E-state index >= 15 is 0 Å². The molecule has 0 radical (unpaired) electrons. The maximum absolute atomic E-state index is 11.0. The van der Waals surface area contributed by atoms with Crippen LogP contribution >= 0.6 is 0 Å². The van der Waals surface area contributed by atoms with Crippen LogP contribution in [0.25, 0.3) is 0 Å². The van der Waals surface area contributed by atoms with E-state index < -0.39 is 0 Å². The summed E-state index contributed by atoms with van der Waals surface area (Å²) in [6, 6.07) is 0.566. The van der Waals surface area contributed by atoms with Crippen LogP contribution in [0.5, 0.6) is 0 Å². The molecule has 0 aliphatic heterocycles. The minimum absolute atomic E-state index is 0.366. The van der Waals surface area contributed by atoms with Gasteiger partial charge >= 0.3 is 5.97 Å². The van der Waals surface area contributed by atoms with Gasteiger partial charge < -0.3 is 9.30 Å². The van der Waals surface area contributed by atoms with Gasteiger partial charge in [-0.25, -0.2) is 9.78 Å². The Balaban J connectivity index is 2.17. The summed E-state index contributed by atoms with van der Waals surface area (Å²) in [5.41, 5.74) is 0.393. The molecule has 1 aromatic rings. The topological polar surface area (TPSA) is 44.1 Å². The number of aromatic nitrogens is 2. The Morgan fingerprint density at radius 2 is 2.50 bits per heavy atom. The molecule has 12 heavy (non-hydrogen) atoms. The number of carbonyl (C=O) groups excluding carboxylic acids is 1. The van der Waals surface area contributed by atoms with Crippen molar-refractivity contribution in [3.8, 4) is 0 Å². The van der Waals surface area contributed by atoms with Gasteiger partial charge in [-0.2, -0.15) is 0 Å². The molecule has 2 rings (SSSR count). The summed E-state index contributed by atoms with van der Waals surface area (Å²) in [6.07, 6.45) is 5.81. The lowest BCUT2D eigenvalue weighted by Gasteiger charge is -1.94. The van der Waals surface area contributed by atoms with Crippen LogP contribution < -0.4 is 0 Å². The van der Waals surface area contributed by atoms with Crippen LogP contribution in [0.4, 0.5) is 0 Å². The van der Waals surface area contributed by atoms with Gasteiger partial charge in [0, 0.05) is 12.2 Å². The van der Waals surface area contributed by atoms with Gasteiger partial charge in [-0.15, -0.1) is 0 Å². The second-order valence-electron chi connectivity index (χ2n) is 2.93. The number of hydrogen-bond donors (Lipinski definition) is 0. The van der Waals surface area contributed by atoms with Crippen molar-refractivity contribution in [2.75, 3.05) is 7.11 Å². The number of methoxy groups -OCH3 is 1. The largest absolute Gasteiger partial charge is 0.464 e. The van der Waals surface area contributed by atoms with E-state index in [0.29, 0.717) is 11.7 Å². The quantitative estimate of drug-likeness (QED) is 0.616. The van der Waals surface area contributed by atoms with Crippen molar-refractivity contribution in [1.82, 2.24) is 9.55 Å². The highest BCUT2D eigenvalue weighted by Gasteiger charge is 2.24. The molecule has 1 heterocycles. The van der Waals surface area contributed by atoms with Crippen LogP contribution in [0.2, 0.25) is 0 Å².